The number of nitrogens with zero attached hydrogens (tertiary/aromatic N) is 2. The molecule has 0 bridgehead atoms. The van der Waals surface area contributed by atoms with Gasteiger partial charge in [-0.1, -0.05) is 35.0 Å². The first-order valence-corrected chi connectivity index (χ1v) is 9.92. The first kappa shape index (κ1) is 22.5. The summed E-state index contributed by atoms with van der Waals surface area (Å²) in [6.07, 6.45) is -1.91. The molecule has 0 aliphatic rings. The Morgan fingerprint density at radius 1 is 1.06 bits per heavy atom. The lowest BCUT2D eigenvalue weighted by Gasteiger charge is -2.10. The summed E-state index contributed by atoms with van der Waals surface area (Å²) in [6, 6.07) is 11.8. The molecule has 0 spiro atoms. The maximum absolute atomic E-state index is 14.6. The summed E-state index contributed by atoms with van der Waals surface area (Å²) in [4.78, 5) is 16.5. The van der Waals surface area contributed by atoms with E-state index in [4.69, 9.17) is 16.1 Å². The highest BCUT2D eigenvalue weighted by atomic mass is 35.5. The van der Waals surface area contributed by atoms with Crippen molar-refractivity contribution >= 4 is 23.4 Å². The number of amides is 1. The van der Waals surface area contributed by atoms with Crippen LogP contribution in [0.2, 0.25) is 5.02 Å². The van der Waals surface area contributed by atoms with Crippen molar-refractivity contribution in [2.24, 2.45) is 0 Å². The predicted molar refractivity (Wildman–Crippen MR) is 114 cm³/mol. The predicted octanol–water partition coefficient (Wildman–Crippen LogP) is 6.40. The number of carbonyl (C=O) groups excluding carboxylic acids is 1. The third-order valence-corrected chi connectivity index (χ3v) is 5.14. The average Bonchev–Trinajstić information content (AvgIpc) is 3.18. The van der Waals surface area contributed by atoms with Crippen LogP contribution in [0.5, 0.6) is 0 Å². The molecule has 0 fully saturated rings. The van der Waals surface area contributed by atoms with Crippen LogP contribution >= 0.6 is 11.6 Å². The zero-order valence-electron chi connectivity index (χ0n) is 16.7. The van der Waals surface area contributed by atoms with Gasteiger partial charge in [0.05, 0.1) is 17.5 Å². The van der Waals surface area contributed by atoms with Crippen molar-refractivity contribution in [3.63, 3.8) is 0 Å². The molecule has 10 heteroatoms. The van der Waals surface area contributed by atoms with E-state index in [9.17, 15) is 22.4 Å². The average molecular weight is 476 g/mol. The Hall–Kier alpha value is -3.72. The van der Waals surface area contributed by atoms with Crippen LogP contribution in [0.15, 0.2) is 71.5 Å². The van der Waals surface area contributed by atoms with Crippen molar-refractivity contribution in [3.05, 3.63) is 89.0 Å². The summed E-state index contributed by atoms with van der Waals surface area (Å²) in [5.41, 5.74) is -0.586. The molecular weight excluding hydrogens is 462 g/mol. The van der Waals surface area contributed by atoms with Gasteiger partial charge in [-0.2, -0.15) is 13.2 Å². The van der Waals surface area contributed by atoms with E-state index in [1.54, 1.807) is 24.3 Å². The maximum Gasteiger partial charge on any atom is 0.416 e. The largest absolute Gasteiger partial charge is 0.416 e. The summed E-state index contributed by atoms with van der Waals surface area (Å²) in [7, 11) is 0. The van der Waals surface area contributed by atoms with E-state index in [1.807, 2.05) is 0 Å². The number of carbonyl (C=O) groups is 1. The number of hydrogen-bond acceptors (Lipinski definition) is 4. The molecule has 1 amide bonds. The Morgan fingerprint density at radius 3 is 2.48 bits per heavy atom. The van der Waals surface area contributed by atoms with Gasteiger partial charge in [0, 0.05) is 23.0 Å². The summed E-state index contributed by atoms with van der Waals surface area (Å²) >= 11 is 6.10. The SMILES string of the molecule is O=C(Cc1ccccc1Cl)Nc1onc(-c2cc(C(F)(F)F)ccc2F)c1-c1ccncc1. The van der Waals surface area contributed by atoms with Crippen LogP contribution in [0.25, 0.3) is 22.4 Å². The van der Waals surface area contributed by atoms with Gasteiger partial charge < -0.3 is 4.52 Å². The van der Waals surface area contributed by atoms with Crippen molar-refractivity contribution < 1.29 is 26.9 Å². The minimum Gasteiger partial charge on any atom is -0.337 e. The van der Waals surface area contributed by atoms with Gasteiger partial charge in [0.25, 0.3) is 0 Å². The Balaban J connectivity index is 1.77. The summed E-state index contributed by atoms with van der Waals surface area (Å²) in [6.45, 7) is 0. The van der Waals surface area contributed by atoms with E-state index in [-0.39, 0.29) is 23.6 Å². The van der Waals surface area contributed by atoms with Gasteiger partial charge in [-0.3, -0.25) is 15.1 Å². The smallest absolute Gasteiger partial charge is 0.337 e. The lowest BCUT2D eigenvalue weighted by atomic mass is 9.99. The number of hydrogen-bond donors (Lipinski definition) is 1. The molecule has 2 heterocycles. The lowest BCUT2D eigenvalue weighted by Crippen LogP contribution is -2.14. The zero-order valence-corrected chi connectivity index (χ0v) is 17.4. The molecule has 4 rings (SSSR count). The topological polar surface area (TPSA) is 68.0 Å². The number of rotatable bonds is 5. The first-order chi connectivity index (χ1) is 15.7. The van der Waals surface area contributed by atoms with E-state index in [1.165, 1.54) is 24.5 Å². The van der Waals surface area contributed by atoms with Crippen molar-refractivity contribution in [3.8, 4) is 22.4 Å². The van der Waals surface area contributed by atoms with Gasteiger partial charge in [-0.25, -0.2) is 4.39 Å². The molecule has 1 N–H and O–H groups in total. The lowest BCUT2D eigenvalue weighted by molar-refractivity contribution is -0.137. The zero-order chi connectivity index (χ0) is 23.6. The minimum absolute atomic E-state index is 0.0938. The fraction of sp³-hybridized carbons (Fsp3) is 0.0870. The number of pyridine rings is 1. The standard InChI is InChI=1S/C23H14ClF4N3O2/c24-17-4-2-1-3-14(17)11-19(32)30-22-20(13-7-9-29-10-8-13)21(31-33-22)16-12-15(23(26,27)28)5-6-18(16)25/h1-10,12H,11H2,(H,30,32). The number of benzene rings is 2. The second-order valence-corrected chi connectivity index (χ2v) is 7.39. The highest BCUT2D eigenvalue weighted by Crippen LogP contribution is 2.40. The van der Waals surface area contributed by atoms with E-state index in [0.29, 0.717) is 34.3 Å². The number of anilines is 1. The fourth-order valence-electron chi connectivity index (χ4n) is 3.21. The van der Waals surface area contributed by atoms with Crippen molar-refractivity contribution in [2.45, 2.75) is 12.6 Å². The highest BCUT2D eigenvalue weighted by molar-refractivity contribution is 6.31. The molecule has 0 aliphatic heterocycles. The minimum atomic E-state index is -4.69. The molecule has 0 saturated carbocycles. The monoisotopic (exact) mass is 475 g/mol. The molecule has 5 nitrogen and oxygen atoms in total. The molecule has 0 saturated heterocycles. The van der Waals surface area contributed by atoms with Gasteiger partial charge in [0.2, 0.25) is 11.8 Å². The van der Waals surface area contributed by atoms with Gasteiger partial charge in [-0.05, 0) is 47.5 Å². The van der Waals surface area contributed by atoms with Gasteiger partial charge in [0.15, 0.2) is 0 Å². The summed E-state index contributed by atoms with van der Waals surface area (Å²) in [5, 5.41) is 6.72. The van der Waals surface area contributed by atoms with Crippen molar-refractivity contribution in [1.29, 1.82) is 0 Å². The second kappa shape index (κ2) is 9.03. The summed E-state index contributed by atoms with van der Waals surface area (Å²) in [5.74, 6) is -1.59. The molecule has 2 aromatic carbocycles. The normalized spacial score (nSPS) is 11.4. The summed E-state index contributed by atoms with van der Waals surface area (Å²) < 4.78 is 59.5. The molecule has 4 aromatic rings. The van der Waals surface area contributed by atoms with Crippen LogP contribution in [0.4, 0.5) is 23.4 Å². The molecule has 2 aromatic heterocycles. The molecule has 168 valence electrons. The highest BCUT2D eigenvalue weighted by Gasteiger charge is 2.32. The molecular formula is C23H14ClF4N3O2. The van der Waals surface area contributed by atoms with Gasteiger partial charge in [0.1, 0.15) is 11.5 Å². The van der Waals surface area contributed by atoms with Gasteiger partial charge >= 0.3 is 6.18 Å². The van der Waals surface area contributed by atoms with Crippen LogP contribution in [-0.4, -0.2) is 16.0 Å². The first-order valence-electron chi connectivity index (χ1n) is 9.54. The molecule has 0 aliphatic carbocycles. The Kier molecular flexibility index (Phi) is 6.15. The van der Waals surface area contributed by atoms with Crippen molar-refractivity contribution in [2.75, 3.05) is 5.32 Å². The number of halogens is 5. The van der Waals surface area contributed by atoms with E-state index in [0.717, 1.165) is 0 Å². The third-order valence-electron chi connectivity index (χ3n) is 4.77. The second-order valence-electron chi connectivity index (χ2n) is 6.98. The molecule has 33 heavy (non-hydrogen) atoms. The van der Waals surface area contributed by atoms with E-state index < -0.39 is 29.0 Å². The maximum atomic E-state index is 14.6. The van der Waals surface area contributed by atoms with E-state index in [2.05, 4.69) is 15.5 Å². The molecule has 0 unspecified atom stereocenters. The van der Waals surface area contributed by atoms with E-state index >= 15 is 0 Å². The Labute approximate surface area is 190 Å². The number of nitrogens with one attached hydrogen (secondary N) is 1. The number of alkyl halides is 3. The van der Waals surface area contributed by atoms with Crippen LogP contribution in [0.3, 0.4) is 0 Å². The van der Waals surface area contributed by atoms with Crippen LogP contribution in [-0.2, 0) is 17.4 Å². The third kappa shape index (κ3) is 4.88. The van der Waals surface area contributed by atoms with Crippen LogP contribution < -0.4 is 5.32 Å². The van der Waals surface area contributed by atoms with Crippen LogP contribution in [0.1, 0.15) is 11.1 Å². The Morgan fingerprint density at radius 2 is 1.79 bits per heavy atom. The van der Waals surface area contributed by atoms with Crippen molar-refractivity contribution in [1.82, 2.24) is 10.1 Å². The molecule has 0 atom stereocenters. The molecule has 0 radical (unpaired) electrons. The number of aromatic nitrogens is 2. The fourth-order valence-corrected chi connectivity index (χ4v) is 3.42. The van der Waals surface area contributed by atoms with Gasteiger partial charge in [-0.15, -0.1) is 0 Å². The quantitative estimate of drug-likeness (QED) is 0.339. The Bertz CT molecular complexity index is 1310. The van der Waals surface area contributed by atoms with Crippen LogP contribution in [0, 0.1) is 5.82 Å².